The van der Waals surface area contributed by atoms with Crippen LogP contribution < -0.4 is 5.73 Å². The molecule has 0 bridgehead atoms. The number of rotatable bonds is 6. The largest absolute Gasteiger partial charge is 0.323 e. The molecule has 1 aromatic carbocycles. The lowest BCUT2D eigenvalue weighted by Gasteiger charge is -2.12. The van der Waals surface area contributed by atoms with Gasteiger partial charge in [-0.15, -0.1) is 0 Å². The first-order valence-corrected chi connectivity index (χ1v) is 6.84. The number of nitrogens with two attached hydrogens (primary N) is 1. The molecule has 0 amide bonds. The molecule has 0 heterocycles. The smallest absolute Gasteiger partial charge is 0.123 e. The second kappa shape index (κ2) is 6.92. The third kappa shape index (κ3) is 4.99. The van der Waals surface area contributed by atoms with Crippen molar-refractivity contribution in [1.82, 2.24) is 0 Å². The molecule has 0 aliphatic carbocycles. The quantitative estimate of drug-likeness (QED) is 0.770. The van der Waals surface area contributed by atoms with E-state index in [2.05, 4.69) is 13.8 Å². The lowest BCUT2D eigenvalue weighted by Crippen LogP contribution is -2.13. The highest BCUT2D eigenvalue weighted by Crippen LogP contribution is 2.18. The number of halogens is 1. The van der Waals surface area contributed by atoms with Crippen LogP contribution in [0.15, 0.2) is 24.3 Å². The number of thioether (sulfide) groups is 1. The molecule has 1 atom stereocenters. The van der Waals surface area contributed by atoms with E-state index in [1.807, 2.05) is 11.8 Å². The van der Waals surface area contributed by atoms with E-state index in [-0.39, 0.29) is 11.9 Å². The van der Waals surface area contributed by atoms with Gasteiger partial charge in [-0.25, -0.2) is 4.39 Å². The minimum Gasteiger partial charge on any atom is -0.323 e. The second-order valence-corrected chi connectivity index (χ2v) is 5.57. The van der Waals surface area contributed by atoms with Crippen LogP contribution in [0.4, 0.5) is 4.39 Å². The number of hydrogen-bond donors (Lipinski definition) is 1. The summed E-state index contributed by atoms with van der Waals surface area (Å²) in [6.07, 6.45) is 1.22. The summed E-state index contributed by atoms with van der Waals surface area (Å²) in [7, 11) is 0. The van der Waals surface area contributed by atoms with Gasteiger partial charge in [0.1, 0.15) is 5.82 Å². The lowest BCUT2D eigenvalue weighted by molar-refractivity contribution is 0.625. The highest BCUT2D eigenvalue weighted by atomic mass is 32.2. The van der Waals surface area contributed by atoms with Crippen LogP contribution in [0.25, 0.3) is 0 Å². The zero-order valence-electron chi connectivity index (χ0n) is 9.95. The van der Waals surface area contributed by atoms with Crippen molar-refractivity contribution in [3.63, 3.8) is 0 Å². The zero-order valence-corrected chi connectivity index (χ0v) is 10.8. The van der Waals surface area contributed by atoms with Crippen molar-refractivity contribution in [2.75, 3.05) is 11.5 Å². The molecule has 0 spiro atoms. The Morgan fingerprint density at radius 2 is 1.88 bits per heavy atom. The predicted octanol–water partition coefficient (Wildman–Crippen LogP) is 3.60. The van der Waals surface area contributed by atoms with Crippen LogP contribution in [0, 0.1) is 11.7 Å². The minimum absolute atomic E-state index is 0.0118. The van der Waals surface area contributed by atoms with Crippen LogP contribution in [-0.2, 0) is 0 Å². The topological polar surface area (TPSA) is 26.0 Å². The van der Waals surface area contributed by atoms with Crippen molar-refractivity contribution in [3.8, 4) is 0 Å². The molecule has 1 rings (SSSR count). The van der Waals surface area contributed by atoms with Crippen LogP contribution in [0.3, 0.4) is 0 Å². The molecule has 0 aromatic heterocycles. The van der Waals surface area contributed by atoms with Gasteiger partial charge in [0.05, 0.1) is 0 Å². The molecular weight excluding hydrogens is 221 g/mol. The summed E-state index contributed by atoms with van der Waals surface area (Å²) in [4.78, 5) is 0. The molecule has 0 aliphatic rings. The summed E-state index contributed by atoms with van der Waals surface area (Å²) >= 11 is 1.87. The molecule has 0 radical (unpaired) electrons. The number of benzene rings is 1. The molecule has 2 N–H and O–H groups in total. The summed E-state index contributed by atoms with van der Waals surface area (Å²) in [6, 6.07) is 6.48. The van der Waals surface area contributed by atoms with Crippen LogP contribution in [0.2, 0.25) is 0 Å². The van der Waals surface area contributed by atoms with E-state index in [0.29, 0.717) is 0 Å². The summed E-state index contributed by atoms with van der Waals surface area (Å²) in [5.41, 5.74) is 7.03. The van der Waals surface area contributed by atoms with Crippen molar-refractivity contribution in [2.24, 2.45) is 11.7 Å². The first kappa shape index (κ1) is 13.5. The van der Waals surface area contributed by atoms with Gasteiger partial charge in [0.15, 0.2) is 0 Å². The summed E-state index contributed by atoms with van der Waals surface area (Å²) in [5, 5.41) is 0. The molecule has 0 saturated heterocycles. The Hall–Kier alpha value is -0.540. The van der Waals surface area contributed by atoms with Crippen LogP contribution in [0.5, 0.6) is 0 Å². The van der Waals surface area contributed by atoms with Gasteiger partial charge in [-0.2, -0.15) is 11.8 Å². The molecule has 0 aliphatic heterocycles. The van der Waals surface area contributed by atoms with Gasteiger partial charge in [0.2, 0.25) is 0 Å². The third-order valence-electron chi connectivity index (χ3n) is 2.44. The molecule has 0 saturated carbocycles. The fraction of sp³-hybridized carbons (Fsp3) is 0.538. The van der Waals surface area contributed by atoms with Crippen molar-refractivity contribution in [2.45, 2.75) is 26.3 Å². The second-order valence-electron chi connectivity index (χ2n) is 4.42. The Kier molecular flexibility index (Phi) is 5.85. The van der Waals surface area contributed by atoms with Gasteiger partial charge >= 0.3 is 0 Å². The molecule has 1 unspecified atom stereocenters. The number of hydrogen-bond acceptors (Lipinski definition) is 2. The predicted molar refractivity (Wildman–Crippen MR) is 70.1 cm³/mol. The summed E-state index contributed by atoms with van der Waals surface area (Å²) < 4.78 is 12.7. The molecule has 16 heavy (non-hydrogen) atoms. The normalized spacial score (nSPS) is 13.1. The van der Waals surface area contributed by atoms with E-state index in [1.54, 1.807) is 12.1 Å². The maximum atomic E-state index is 12.7. The average Bonchev–Trinajstić information content (AvgIpc) is 2.25. The molecule has 90 valence electrons. The van der Waals surface area contributed by atoms with Crippen molar-refractivity contribution >= 4 is 11.8 Å². The lowest BCUT2D eigenvalue weighted by atomic mass is 10.1. The molecule has 0 fully saturated rings. The van der Waals surface area contributed by atoms with Gasteiger partial charge in [-0.1, -0.05) is 26.0 Å². The maximum absolute atomic E-state index is 12.7. The van der Waals surface area contributed by atoms with Crippen LogP contribution >= 0.6 is 11.8 Å². The Labute approximate surface area is 102 Å². The standard InChI is InChI=1S/C13H20FNS/c1-10(2)7-8-16-9-13(15)11-3-5-12(14)6-4-11/h3-6,10,13H,7-9,15H2,1-2H3. The maximum Gasteiger partial charge on any atom is 0.123 e. The van der Waals surface area contributed by atoms with Crippen LogP contribution in [0.1, 0.15) is 31.9 Å². The first-order valence-electron chi connectivity index (χ1n) is 5.68. The highest BCUT2D eigenvalue weighted by Gasteiger charge is 2.06. The van der Waals surface area contributed by atoms with Gasteiger partial charge < -0.3 is 5.73 Å². The van der Waals surface area contributed by atoms with E-state index in [1.165, 1.54) is 18.6 Å². The minimum atomic E-state index is -0.205. The monoisotopic (exact) mass is 241 g/mol. The Balaban J connectivity index is 2.29. The van der Waals surface area contributed by atoms with Gasteiger partial charge in [0, 0.05) is 11.8 Å². The van der Waals surface area contributed by atoms with Crippen LogP contribution in [-0.4, -0.2) is 11.5 Å². The van der Waals surface area contributed by atoms with E-state index in [4.69, 9.17) is 5.73 Å². The van der Waals surface area contributed by atoms with Crippen molar-refractivity contribution in [3.05, 3.63) is 35.6 Å². The van der Waals surface area contributed by atoms with Crippen molar-refractivity contribution < 1.29 is 4.39 Å². The Bertz CT molecular complexity index is 297. The molecule has 1 aromatic rings. The van der Waals surface area contributed by atoms with E-state index < -0.39 is 0 Å². The molecule has 1 nitrogen and oxygen atoms in total. The Morgan fingerprint density at radius 1 is 1.25 bits per heavy atom. The first-order chi connectivity index (χ1) is 7.59. The summed E-state index contributed by atoms with van der Waals surface area (Å²) in [5.74, 6) is 2.59. The highest BCUT2D eigenvalue weighted by molar-refractivity contribution is 7.99. The molecular formula is C13H20FNS. The van der Waals surface area contributed by atoms with E-state index in [0.717, 1.165) is 23.0 Å². The summed E-state index contributed by atoms with van der Waals surface area (Å²) in [6.45, 7) is 4.45. The SMILES string of the molecule is CC(C)CCSCC(N)c1ccc(F)cc1. The van der Waals surface area contributed by atoms with E-state index in [9.17, 15) is 4.39 Å². The average molecular weight is 241 g/mol. The molecule has 3 heteroatoms. The van der Waals surface area contributed by atoms with Gasteiger partial charge in [-0.3, -0.25) is 0 Å². The zero-order chi connectivity index (χ0) is 12.0. The van der Waals surface area contributed by atoms with Crippen molar-refractivity contribution in [1.29, 1.82) is 0 Å². The van der Waals surface area contributed by atoms with E-state index >= 15 is 0 Å². The van der Waals surface area contributed by atoms with Gasteiger partial charge in [-0.05, 0) is 35.8 Å². The van der Waals surface area contributed by atoms with Gasteiger partial charge in [0.25, 0.3) is 0 Å². The Morgan fingerprint density at radius 3 is 2.44 bits per heavy atom. The third-order valence-corrected chi connectivity index (χ3v) is 3.55. The fourth-order valence-electron chi connectivity index (χ4n) is 1.34. The fourth-order valence-corrected chi connectivity index (χ4v) is 2.59.